The molecule has 1 saturated carbocycles. The fraction of sp³-hybridized carbons (Fsp3) is 0.923. The van der Waals surface area contributed by atoms with E-state index in [4.69, 9.17) is 4.74 Å². The molecule has 0 unspecified atom stereocenters. The van der Waals surface area contributed by atoms with Crippen molar-refractivity contribution in [1.82, 2.24) is 10.6 Å². The van der Waals surface area contributed by atoms with Crippen molar-refractivity contribution in [1.29, 1.82) is 0 Å². The fourth-order valence-electron chi connectivity index (χ4n) is 2.88. The van der Waals surface area contributed by atoms with Gasteiger partial charge >= 0.3 is 6.09 Å². The molecule has 0 aromatic carbocycles. The molecule has 0 radical (unpaired) electrons. The number of nitrogens with one attached hydrogen (secondary N) is 2. The molecule has 4 nitrogen and oxygen atoms in total. The Kier molecular flexibility index (Phi) is 3.34. The molecular formula is C13H24N2O2. The Morgan fingerprint density at radius 3 is 2.71 bits per heavy atom. The standard InChI is InChI=1S/C13H24N2O2/c1-12(2,3)17-11(16)15-8-10-7-14-9-13(10)5-4-6-13/h10,14H,4-9H2,1-3H3,(H,15,16)/t10-/m1/s1. The van der Waals surface area contributed by atoms with Gasteiger partial charge in [-0.2, -0.15) is 0 Å². The van der Waals surface area contributed by atoms with E-state index in [0.29, 0.717) is 11.3 Å². The zero-order chi connectivity index (χ0) is 12.5. The third-order valence-corrected chi connectivity index (χ3v) is 3.97. The molecule has 98 valence electrons. The van der Waals surface area contributed by atoms with Gasteiger partial charge in [0.25, 0.3) is 0 Å². The van der Waals surface area contributed by atoms with E-state index in [1.54, 1.807) is 0 Å². The fourth-order valence-corrected chi connectivity index (χ4v) is 2.88. The van der Waals surface area contributed by atoms with Gasteiger partial charge in [0, 0.05) is 19.6 Å². The van der Waals surface area contributed by atoms with Crippen LogP contribution < -0.4 is 10.6 Å². The number of ether oxygens (including phenoxy) is 1. The number of carbonyl (C=O) groups excluding carboxylic acids is 1. The predicted octanol–water partition coefficient (Wildman–Crippen LogP) is 1.90. The van der Waals surface area contributed by atoms with Crippen molar-refractivity contribution in [3.63, 3.8) is 0 Å². The summed E-state index contributed by atoms with van der Waals surface area (Å²) in [5.74, 6) is 0.573. The summed E-state index contributed by atoms with van der Waals surface area (Å²) in [6.45, 7) is 8.54. The van der Waals surface area contributed by atoms with Gasteiger partial charge in [-0.15, -0.1) is 0 Å². The van der Waals surface area contributed by atoms with E-state index in [9.17, 15) is 4.79 Å². The molecule has 1 aliphatic heterocycles. The second-order valence-electron chi connectivity index (χ2n) is 6.43. The summed E-state index contributed by atoms with van der Waals surface area (Å²) in [5.41, 5.74) is 0.0567. The second kappa shape index (κ2) is 4.48. The lowest BCUT2D eigenvalue weighted by Crippen LogP contribution is -2.43. The Hall–Kier alpha value is -0.770. The van der Waals surface area contributed by atoms with Crippen molar-refractivity contribution in [2.75, 3.05) is 19.6 Å². The molecule has 1 atom stereocenters. The predicted molar refractivity (Wildman–Crippen MR) is 66.9 cm³/mol. The maximum absolute atomic E-state index is 11.6. The van der Waals surface area contributed by atoms with E-state index in [1.807, 2.05) is 20.8 Å². The van der Waals surface area contributed by atoms with E-state index in [-0.39, 0.29) is 6.09 Å². The van der Waals surface area contributed by atoms with Crippen molar-refractivity contribution in [3.8, 4) is 0 Å². The van der Waals surface area contributed by atoms with Crippen LogP contribution >= 0.6 is 0 Å². The van der Waals surface area contributed by atoms with Crippen molar-refractivity contribution >= 4 is 6.09 Å². The second-order valence-corrected chi connectivity index (χ2v) is 6.43. The number of rotatable bonds is 2. The van der Waals surface area contributed by atoms with E-state index in [0.717, 1.165) is 19.6 Å². The summed E-state index contributed by atoms with van der Waals surface area (Å²) in [6, 6.07) is 0. The molecule has 2 fully saturated rings. The molecule has 1 saturated heterocycles. The molecule has 0 aromatic heterocycles. The number of hydrogen-bond acceptors (Lipinski definition) is 3. The van der Waals surface area contributed by atoms with E-state index >= 15 is 0 Å². The average molecular weight is 240 g/mol. The molecule has 4 heteroatoms. The number of amides is 1. The van der Waals surface area contributed by atoms with Gasteiger partial charge in [-0.3, -0.25) is 0 Å². The number of alkyl carbamates (subject to hydrolysis) is 1. The lowest BCUT2D eigenvalue weighted by molar-refractivity contribution is 0.0471. The third kappa shape index (κ3) is 2.92. The molecule has 2 aliphatic rings. The Labute approximate surface area is 103 Å². The van der Waals surface area contributed by atoms with Crippen LogP contribution in [0.1, 0.15) is 40.0 Å². The Morgan fingerprint density at radius 1 is 1.47 bits per heavy atom. The van der Waals surface area contributed by atoms with Crippen LogP contribution in [0.2, 0.25) is 0 Å². The van der Waals surface area contributed by atoms with Gasteiger partial charge in [0.05, 0.1) is 0 Å². The van der Waals surface area contributed by atoms with Crippen LogP contribution in [0.5, 0.6) is 0 Å². The molecule has 17 heavy (non-hydrogen) atoms. The lowest BCUT2D eigenvalue weighted by Gasteiger charge is -2.42. The SMILES string of the molecule is CC(C)(C)OC(=O)NC[C@H]1CNCC12CCC2. The molecule has 0 aromatic rings. The summed E-state index contributed by atoms with van der Waals surface area (Å²) in [5, 5.41) is 6.35. The average Bonchev–Trinajstić information content (AvgIpc) is 2.54. The topological polar surface area (TPSA) is 50.4 Å². The zero-order valence-electron chi connectivity index (χ0n) is 11.1. The van der Waals surface area contributed by atoms with E-state index < -0.39 is 5.60 Å². The number of carbonyl (C=O) groups is 1. The molecule has 1 amide bonds. The molecule has 1 spiro atoms. The van der Waals surface area contributed by atoms with Gasteiger partial charge in [-0.25, -0.2) is 4.79 Å². The van der Waals surface area contributed by atoms with E-state index in [2.05, 4.69) is 10.6 Å². The van der Waals surface area contributed by atoms with Crippen molar-refractivity contribution in [2.45, 2.75) is 45.6 Å². The summed E-state index contributed by atoms with van der Waals surface area (Å²) in [4.78, 5) is 11.6. The molecule has 2 rings (SSSR count). The Morgan fingerprint density at radius 2 is 2.18 bits per heavy atom. The Balaban J connectivity index is 1.76. The third-order valence-electron chi connectivity index (χ3n) is 3.97. The highest BCUT2D eigenvalue weighted by molar-refractivity contribution is 5.67. The highest BCUT2D eigenvalue weighted by atomic mass is 16.6. The van der Waals surface area contributed by atoms with Crippen LogP contribution in [0, 0.1) is 11.3 Å². The van der Waals surface area contributed by atoms with Crippen molar-refractivity contribution < 1.29 is 9.53 Å². The first-order valence-electron chi connectivity index (χ1n) is 6.59. The van der Waals surface area contributed by atoms with Crippen LogP contribution in [0.4, 0.5) is 4.79 Å². The summed E-state index contributed by atoms with van der Waals surface area (Å²) in [7, 11) is 0. The van der Waals surface area contributed by atoms with Gasteiger partial charge in [0.2, 0.25) is 0 Å². The first-order chi connectivity index (χ1) is 7.91. The zero-order valence-corrected chi connectivity index (χ0v) is 11.1. The maximum Gasteiger partial charge on any atom is 0.407 e. The lowest BCUT2D eigenvalue weighted by atomic mass is 9.63. The van der Waals surface area contributed by atoms with Gasteiger partial charge in [-0.05, 0) is 44.9 Å². The Bertz CT molecular complexity index is 292. The monoisotopic (exact) mass is 240 g/mol. The van der Waals surface area contributed by atoms with Crippen LogP contribution in [-0.2, 0) is 4.74 Å². The minimum Gasteiger partial charge on any atom is -0.444 e. The van der Waals surface area contributed by atoms with Crippen LogP contribution in [0.25, 0.3) is 0 Å². The van der Waals surface area contributed by atoms with Crippen LogP contribution in [0.3, 0.4) is 0 Å². The normalized spacial score (nSPS) is 26.6. The van der Waals surface area contributed by atoms with Gasteiger partial charge in [0.15, 0.2) is 0 Å². The van der Waals surface area contributed by atoms with Gasteiger partial charge in [0.1, 0.15) is 5.60 Å². The number of hydrogen-bond donors (Lipinski definition) is 2. The first-order valence-corrected chi connectivity index (χ1v) is 6.59. The van der Waals surface area contributed by atoms with Crippen molar-refractivity contribution in [3.05, 3.63) is 0 Å². The molecule has 0 bridgehead atoms. The van der Waals surface area contributed by atoms with Gasteiger partial charge in [-0.1, -0.05) is 6.42 Å². The molecule has 1 aliphatic carbocycles. The van der Waals surface area contributed by atoms with E-state index in [1.165, 1.54) is 19.3 Å². The van der Waals surface area contributed by atoms with Gasteiger partial charge < -0.3 is 15.4 Å². The molecule has 2 N–H and O–H groups in total. The molecule has 1 heterocycles. The maximum atomic E-state index is 11.6. The smallest absolute Gasteiger partial charge is 0.407 e. The quantitative estimate of drug-likeness (QED) is 0.775. The minimum absolute atomic E-state index is 0.293. The molecular weight excluding hydrogens is 216 g/mol. The minimum atomic E-state index is -0.411. The van der Waals surface area contributed by atoms with Crippen molar-refractivity contribution in [2.24, 2.45) is 11.3 Å². The van der Waals surface area contributed by atoms with Crippen LogP contribution in [0.15, 0.2) is 0 Å². The largest absolute Gasteiger partial charge is 0.444 e. The van der Waals surface area contributed by atoms with Crippen LogP contribution in [-0.4, -0.2) is 31.3 Å². The highest BCUT2D eigenvalue weighted by Gasteiger charge is 2.46. The summed E-state index contributed by atoms with van der Waals surface area (Å²) < 4.78 is 5.25. The highest BCUT2D eigenvalue weighted by Crippen LogP contribution is 2.48. The first kappa shape index (κ1) is 12.7. The summed E-state index contributed by atoms with van der Waals surface area (Å²) in [6.07, 6.45) is 3.66. The summed E-state index contributed by atoms with van der Waals surface area (Å²) >= 11 is 0.